The summed E-state index contributed by atoms with van der Waals surface area (Å²) in [5.41, 5.74) is -1.79. The Labute approximate surface area is 184 Å². The van der Waals surface area contributed by atoms with Crippen LogP contribution in [-0.4, -0.2) is 52.2 Å². The molecule has 0 saturated carbocycles. The van der Waals surface area contributed by atoms with E-state index < -0.39 is 46.7 Å². The van der Waals surface area contributed by atoms with E-state index in [0.29, 0.717) is 19.4 Å². The van der Waals surface area contributed by atoms with Gasteiger partial charge in [0.1, 0.15) is 11.4 Å². The zero-order valence-electron chi connectivity index (χ0n) is 18.3. The highest BCUT2D eigenvalue weighted by molar-refractivity contribution is 5.94. The summed E-state index contributed by atoms with van der Waals surface area (Å²) in [5, 5.41) is 0. The molecule has 10 nitrogen and oxygen atoms in total. The third-order valence-electron chi connectivity index (χ3n) is 4.67. The van der Waals surface area contributed by atoms with Gasteiger partial charge in [0.15, 0.2) is 5.69 Å². The standard InChI is InChI=1S/C22H25N3O7/c1-22(2,3)32-21(29)25-12-8-11-14(25)17-23-15(20(28)30-4)16(18(26)24-17)31-19(27)13-9-6-5-7-10-13/h5-7,9-10,14H,8,11-12H2,1-4H3,(H,23,24,26)/t14-/m0/s1. The first-order valence-electron chi connectivity index (χ1n) is 10.1. The van der Waals surface area contributed by atoms with E-state index in [-0.39, 0.29) is 11.4 Å². The number of nitrogens with one attached hydrogen (secondary N) is 1. The van der Waals surface area contributed by atoms with E-state index in [2.05, 4.69) is 9.97 Å². The van der Waals surface area contributed by atoms with E-state index in [9.17, 15) is 19.2 Å². The summed E-state index contributed by atoms with van der Waals surface area (Å²) in [6.07, 6.45) is 0.611. The molecule has 1 aliphatic rings. The zero-order chi connectivity index (χ0) is 23.5. The number of rotatable bonds is 4. The first-order valence-corrected chi connectivity index (χ1v) is 10.1. The average Bonchev–Trinajstić information content (AvgIpc) is 3.24. The molecule has 0 unspecified atom stereocenters. The lowest BCUT2D eigenvalue weighted by Crippen LogP contribution is -2.37. The number of aromatic nitrogens is 2. The molecule has 0 aliphatic carbocycles. The number of likely N-dealkylation sites (tertiary alicyclic amines) is 1. The van der Waals surface area contributed by atoms with E-state index in [4.69, 9.17) is 14.2 Å². The fraction of sp³-hybridized carbons (Fsp3) is 0.409. The molecule has 170 valence electrons. The molecule has 0 spiro atoms. The highest BCUT2D eigenvalue weighted by atomic mass is 16.6. The summed E-state index contributed by atoms with van der Waals surface area (Å²) in [4.78, 5) is 58.3. The average molecular weight is 443 g/mol. The molecule has 2 heterocycles. The van der Waals surface area contributed by atoms with Crippen molar-refractivity contribution in [3.63, 3.8) is 0 Å². The molecule has 32 heavy (non-hydrogen) atoms. The number of esters is 2. The topological polar surface area (TPSA) is 128 Å². The summed E-state index contributed by atoms with van der Waals surface area (Å²) in [6, 6.07) is 7.39. The van der Waals surface area contributed by atoms with Crippen molar-refractivity contribution in [3.05, 3.63) is 57.8 Å². The first kappa shape index (κ1) is 23.0. The number of carbonyl (C=O) groups excluding carboxylic acids is 3. The Morgan fingerprint density at radius 1 is 1.12 bits per heavy atom. The lowest BCUT2D eigenvalue weighted by molar-refractivity contribution is 0.0218. The zero-order valence-corrected chi connectivity index (χ0v) is 18.3. The maximum Gasteiger partial charge on any atom is 0.410 e. The number of carbonyl (C=O) groups is 3. The second-order valence-corrected chi connectivity index (χ2v) is 8.21. The fourth-order valence-electron chi connectivity index (χ4n) is 3.28. The lowest BCUT2D eigenvalue weighted by Gasteiger charge is -2.28. The van der Waals surface area contributed by atoms with Gasteiger partial charge in [-0.1, -0.05) is 18.2 Å². The van der Waals surface area contributed by atoms with Gasteiger partial charge in [0.05, 0.1) is 18.7 Å². The number of aromatic amines is 1. The Morgan fingerprint density at radius 3 is 2.44 bits per heavy atom. The number of H-pyrrole nitrogens is 1. The van der Waals surface area contributed by atoms with Crippen LogP contribution >= 0.6 is 0 Å². The van der Waals surface area contributed by atoms with E-state index in [1.165, 1.54) is 17.0 Å². The van der Waals surface area contributed by atoms with Gasteiger partial charge in [0, 0.05) is 6.54 Å². The Balaban J connectivity index is 1.96. The number of hydrogen-bond donors (Lipinski definition) is 1. The van der Waals surface area contributed by atoms with Crippen LogP contribution in [0.3, 0.4) is 0 Å². The summed E-state index contributed by atoms with van der Waals surface area (Å²) in [6.45, 7) is 5.66. The van der Waals surface area contributed by atoms with Gasteiger partial charge < -0.3 is 19.2 Å². The Bertz CT molecular complexity index is 1070. The molecule has 1 atom stereocenters. The molecule has 1 aromatic heterocycles. The molecule has 3 rings (SSSR count). The predicted octanol–water partition coefficient (Wildman–Crippen LogP) is 2.85. The second-order valence-electron chi connectivity index (χ2n) is 8.21. The van der Waals surface area contributed by atoms with Crippen molar-refractivity contribution in [2.75, 3.05) is 13.7 Å². The van der Waals surface area contributed by atoms with Crippen LogP contribution in [0.2, 0.25) is 0 Å². The Morgan fingerprint density at radius 2 is 1.81 bits per heavy atom. The van der Waals surface area contributed by atoms with Gasteiger partial charge in [-0.2, -0.15) is 0 Å². The van der Waals surface area contributed by atoms with Crippen molar-refractivity contribution >= 4 is 18.0 Å². The summed E-state index contributed by atoms with van der Waals surface area (Å²) in [7, 11) is 1.12. The molecule has 1 amide bonds. The molecule has 1 N–H and O–H groups in total. The van der Waals surface area contributed by atoms with Crippen LogP contribution in [0.25, 0.3) is 0 Å². The number of benzene rings is 1. The van der Waals surface area contributed by atoms with Gasteiger partial charge in [-0.3, -0.25) is 9.69 Å². The minimum atomic E-state index is -0.949. The molecule has 0 radical (unpaired) electrons. The number of amides is 1. The smallest absolute Gasteiger partial charge is 0.410 e. The molecule has 2 aromatic rings. The number of ether oxygens (including phenoxy) is 3. The molecule has 1 aromatic carbocycles. The van der Waals surface area contributed by atoms with Crippen molar-refractivity contribution in [1.29, 1.82) is 0 Å². The maximum atomic E-state index is 12.8. The predicted molar refractivity (Wildman–Crippen MR) is 113 cm³/mol. The third-order valence-corrected chi connectivity index (χ3v) is 4.67. The largest absolute Gasteiger partial charge is 0.464 e. The van der Waals surface area contributed by atoms with Gasteiger partial charge >= 0.3 is 18.0 Å². The van der Waals surface area contributed by atoms with Crippen molar-refractivity contribution in [1.82, 2.24) is 14.9 Å². The number of nitrogens with zero attached hydrogens (tertiary/aromatic N) is 2. The highest BCUT2D eigenvalue weighted by Gasteiger charge is 2.36. The van der Waals surface area contributed by atoms with Crippen LogP contribution in [0.15, 0.2) is 35.1 Å². The Kier molecular flexibility index (Phi) is 6.61. The van der Waals surface area contributed by atoms with Crippen molar-refractivity contribution in [2.45, 2.75) is 45.3 Å². The summed E-state index contributed by atoms with van der Waals surface area (Å²) in [5.74, 6) is -2.27. The molecule has 0 bridgehead atoms. The Hall–Kier alpha value is -3.69. The van der Waals surface area contributed by atoms with Gasteiger partial charge in [-0.25, -0.2) is 19.4 Å². The van der Waals surface area contributed by atoms with Gasteiger partial charge in [-0.05, 0) is 45.7 Å². The minimum Gasteiger partial charge on any atom is -0.464 e. The van der Waals surface area contributed by atoms with Crippen LogP contribution in [0.4, 0.5) is 4.79 Å². The van der Waals surface area contributed by atoms with E-state index in [1.54, 1.807) is 39.0 Å². The minimum absolute atomic E-state index is 0.0817. The van der Waals surface area contributed by atoms with Crippen LogP contribution in [0, 0.1) is 0 Å². The number of methoxy groups -OCH3 is 1. The van der Waals surface area contributed by atoms with Crippen LogP contribution in [0.1, 0.15) is 66.3 Å². The third kappa shape index (κ3) is 5.13. The fourth-order valence-corrected chi connectivity index (χ4v) is 3.28. The lowest BCUT2D eigenvalue weighted by atomic mass is 10.2. The van der Waals surface area contributed by atoms with Crippen molar-refractivity contribution in [2.24, 2.45) is 0 Å². The van der Waals surface area contributed by atoms with Crippen molar-refractivity contribution in [3.8, 4) is 5.75 Å². The molecular weight excluding hydrogens is 418 g/mol. The molecule has 1 aliphatic heterocycles. The van der Waals surface area contributed by atoms with Gasteiger partial charge in [-0.15, -0.1) is 0 Å². The molecule has 1 saturated heterocycles. The monoisotopic (exact) mass is 443 g/mol. The molecule has 1 fully saturated rings. The summed E-state index contributed by atoms with van der Waals surface area (Å²) >= 11 is 0. The quantitative estimate of drug-likeness (QED) is 0.715. The first-order chi connectivity index (χ1) is 15.1. The van der Waals surface area contributed by atoms with E-state index in [1.807, 2.05) is 0 Å². The SMILES string of the molecule is COC(=O)c1nc([C@@H]2CCCN2C(=O)OC(C)(C)C)[nH]c(=O)c1OC(=O)c1ccccc1. The van der Waals surface area contributed by atoms with Crippen LogP contribution in [-0.2, 0) is 9.47 Å². The normalized spacial score (nSPS) is 15.9. The summed E-state index contributed by atoms with van der Waals surface area (Å²) < 4.78 is 15.4. The maximum absolute atomic E-state index is 12.8. The van der Waals surface area contributed by atoms with E-state index in [0.717, 1.165) is 7.11 Å². The number of hydrogen-bond acceptors (Lipinski definition) is 8. The van der Waals surface area contributed by atoms with Gasteiger partial charge in [0.2, 0.25) is 5.75 Å². The molecule has 10 heteroatoms. The van der Waals surface area contributed by atoms with Crippen LogP contribution < -0.4 is 10.3 Å². The second kappa shape index (κ2) is 9.21. The van der Waals surface area contributed by atoms with Crippen molar-refractivity contribution < 1.29 is 28.6 Å². The van der Waals surface area contributed by atoms with Gasteiger partial charge in [0.25, 0.3) is 5.56 Å². The molecular formula is C22H25N3O7. The van der Waals surface area contributed by atoms with E-state index >= 15 is 0 Å². The highest BCUT2D eigenvalue weighted by Crippen LogP contribution is 2.31. The van der Waals surface area contributed by atoms with Crippen LogP contribution in [0.5, 0.6) is 5.75 Å².